The molecule has 0 bridgehead atoms. The Bertz CT molecular complexity index is 486. The molecule has 0 unspecified atom stereocenters. The van der Waals surface area contributed by atoms with Crippen LogP contribution in [-0.4, -0.2) is 39.0 Å². The fraction of sp³-hybridized carbons (Fsp3) is 0.500. The van der Waals surface area contributed by atoms with Crippen molar-refractivity contribution >= 4 is 15.7 Å². The summed E-state index contributed by atoms with van der Waals surface area (Å²) < 4.78 is 31.3. The molecule has 1 aromatic rings. The van der Waals surface area contributed by atoms with Crippen LogP contribution in [0.3, 0.4) is 0 Å². The van der Waals surface area contributed by atoms with Gasteiger partial charge in [-0.15, -0.1) is 0 Å². The monoisotopic (exact) mass is 272 g/mol. The maximum Gasteiger partial charge on any atom is 0.245 e. The molecule has 2 N–H and O–H groups in total. The number of hydrogen-bond acceptors (Lipinski definition) is 4. The first-order valence-electron chi connectivity index (χ1n) is 5.76. The molecule has 0 saturated carbocycles. The second-order valence-electron chi connectivity index (χ2n) is 4.24. The van der Waals surface area contributed by atoms with Crippen molar-refractivity contribution in [2.45, 2.75) is 24.8 Å². The number of rotatable bonds is 6. The summed E-state index contributed by atoms with van der Waals surface area (Å²) in [7, 11) is -2.03. The Labute approximate surface area is 109 Å². The Balaban J connectivity index is 3.14. The van der Waals surface area contributed by atoms with Crippen molar-refractivity contribution in [3.05, 3.63) is 24.3 Å². The molecule has 18 heavy (non-hydrogen) atoms. The minimum absolute atomic E-state index is 0.148. The van der Waals surface area contributed by atoms with E-state index >= 15 is 0 Å². The van der Waals surface area contributed by atoms with E-state index in [1.54, 1.807) is 25.3 Å². The van der Waals surface area contributed by atoms with E-state index in [-0.39, 0.29) is 16.6 Å². The molecule has 0 spiro atoms. The van der Waals surface area contributed by atoms with Gasteiger partial charge in [0.2, 0.25) is 10.0 Å². The number of para-hydroxylation sites is 1. The van der Waals surface area contributed by atoms with Crippen LogP contribution >= 0.6 is 0 Å². The number of hydrogen-bond donors (Lipinski definition) is 1. The lowest BCUT2D eigenvalue weighted by Crippen LogP contribution is -2.39. The predicted octanol–water partition coefficient (Wildman–Crippen LogP) is 1.31. The number of anilines is 1. The zero-order valence-electron chi connectivity index (χ0n) is 11.0. The van der Waals surface area contributed by atoms with E-state index in [1.165, 1.54) is 10.4 Å². The minimum Gasteiger partial charge on any atom is -0.398 e. The van der Waals surface area contributed by atoms with Crippen LogP contribution in [0.1, 0.15) is 13.8 Å². The summed E-state index contributed by atoms with van der Waals surface area (Å²) in [5.41, 5.74) is 6.00. The van der Waals surface area contributed by atoms with Gasteiger partial charge >= 0.3 is 0 Å². The molecular weight excluding hydrogens is 252 g/mol. The van der Waals surface area contributed by atoms with Crippen molar-refractivity contribution in [2.24, 2.45) is 0 Å². The fourth-order valence-corrected chi connectivity index (χ4v) is 3.42. The van der Waals surface area contributed by atoms with Gasteiger partial charge in [-0.3, -0.25) is 0 Å². The topological polar surface area (TPSA) is 72.6 Å². The summed E-state index contributed by atoms with van der Waals surface area (Å²) in [4.78, 5) is 0.148. The first-order valence-corrected chi connectivity index (χ1v) is 7.20. The van der Waals surface area contributed by atoms with E-state index in [4.69, 9.17) is 10.5 Å². The lowest BCUT2D eigenvalue weighted by Gasteiger charge is -2.26. The van der Waals surface area contributed by atoms with Crippen molar-refractivity contribution < 1.29 is 13.2 Å². The van der Waals surface area contributed by atoms with E-state index < -0.39 is 10.0 Å². The number of nitrogens with two attached hydrogens (primary N) is 1. The molecule has 0 aliphatic heterocycles. The maximum absolute atomic E-state index is 12.5. The molecule has 102 valence electrons. The van der Waals surface area contributed by atoms with Gasteiger partial charge in [-0.05, 0) is 26.0 Å². The lowest BCUT2D eigenvalue weighted by molar-refractivity contribution is 0.171. The van der Waals surface area contributed by atoms with Gasteiger partial charge in [-0.1, -0.05) is 12.1 Å². The number of methoxy groups -OCH3 is 1. The van der Waals surface area contributed by atoms with Crippen molar-refractivity contribution in [1.82, 2.24) is 4.31 Å². The van der Waals surface area contributed by atoms with Crippen molar-refractivity contribution in [1.29, 1.82) is 0 Å². The van der Waals surface area contributed by atoms with Crippen molar-refractivity contribution in [3.63, 3.8) is 0 Å². The largest absolute Gasteiger partial charge is 0.398 e. The fourth-order valence-electron chi connectivity index (χ4n) is 1.68. The highest BCUT2D eigenvalue weighted by Gasteiger charge is 2.28. The van der Waals surface area contributed by atoms with Gasteiger partial charge in [0.15, 0.2) is 0 Å². The first kappa shape index (κ1) is 14.9. The third kappa shape index (κ3) is 3.22. The number of nitrogens with zero attached hydrogens (tertiary/aromatic N) is 1. The molecular formula is C12H20N2O3S. The molecule has 0 radical (unpaired) electrons. The van der Waals surface area contributed by atoms with Crippen molar-refractivity contribution in [3.8, 4) is 0 Å². The van der Waals surface area contributed by atoms with Gasteiger partial charge in [0.05, 0.1) is 12.3 Å². The summed E-state index contributed by atoms with van der Waals surface area (Å²) in [6.07, 6.45) is 0. The number of sulfonamides is 1. The highest BCUT2D eigenvalue weighted by molar-refractivity contribution is 7.89. The molecule has 0 amide bonds. The minimum atomic E-state index is -3.57. The number of ether oxygens (including phenoxy) is 1. The van der Waals surface area contributed by atoms with Crippen LogP contribution in [0, 0.1) is 0 Å². The molecule has 0 atom stereocenters. The van der Waals surface area contributed by atoms with Crippen LogP contribution in [0.2, 0.25) is 0 Å². The van der Waals surface area contributed by atoms with E-state index in [0.29, 0.717) is 13.2 Å². The molecule has 0 aliphatic carbocycles. The van der Waals surface area contributed by atoms with Gasteiger partial charge in [0, 0.05) is 19.7 Å². The van der Waals surface area contributed by atoms with E-state index in [2.05, 4.69) is 0 Å². The molecule has 6 heteroatoms. The zero-order valence-corrected chi connectivity index (χ0v) is 11.8. The van der Waals surface area contributed by atoms with Crippen LogP contribution in [0.5, 0.6) is 0 Å². The van der Waals surface area contributed by atoms with E-state index in [0.717, 1.165) is 0 Å². The smallest absolute Gasteiger partial charge is 0.245 e. The standard InChI is InChI=1S/C12H20N2O3S/c1-10(2)14(8-9-17-3)18(15,16)12-7-5-4-6-11(12)13/h4-7,10H,8-9,13H2,1-3H3. The molecule has 0 aliphatic rings. The van der Waals surface area contributed by atoms with Gasteiger partial charge in [-0.25, -0.2) is 8.42 Å². The van der Waals surface area contributed by atoms with E-state index in [1.807, 2.05) is 13.8 Å². The molecule has 0 fully saturated rings. The molecule has 0 saturated heterocycles. The Morgan fingerprint density at radius 3 is 2.44 bits per heavy atom. The first-order chi connectivity index (χ1) is 8.41. The van der Waals surface area contributed by atoms with Crippen LogP contribution in [0.25, 0.3) is 0 Å². The molecule has 0 aromatic heterocycles. The Morgan fingerprint density at radius 1 is 1.33 bits per heavy atom. The van der Waals surface area contributed by atoms with Crippen LogP contribution in [0.15, 0.2) is 29.2 Å². The van der Waals surface area contributed by atoms with Crippen LogP contribution in [0.4, 0.5) is 5.69 Å². The van der Waals surface area contributed by atoms with Gasteiger partial charge < -0.3 is 10.5 Å². The predicted molar refractivity (Wildman–Crippen MR) is 71.8 cm³/mol. The summed E-state index contributed by atoms with van der Waals surface area (Å²) in [6.45, 7) is 4.31. The third-order valence-corrected chi connectivity index (χ3v) is 4.75. The molecule has 1 rings (SSSR count). The third-order valence-electron chi connectivity index (χ3n) is 2.60. The Kier molecular flexibility index (Phi) is 5.13. The molecule has 1 aromatic carbocycles. The lowest BCUT2D eigenvalue weighted by atomic mass is 10.3. The Hall–Kier alpha value is -1.11. The van der Waals surface area contributed by atoms with Crippen molar-refractivity contribution in [2.75, 3.05) is 26.0 Å². The number of nitrogen functional groups attached to an aromatic ring is 1. The second kappa shape index (κ2) is 6.17. The second-order valence-corrected chi connectivity index (χ2v) is 6.10. The normalized spacial score (nSPS) is 12.3. The number of benzene rings is 1. The van der Waals surface area contributed by atoms with Crippen LogP contribution in [-0.2, 0) is 14.8 Å². The molecule has 0 heterocycles. The quantitative estimate of drug-likeness (QED) is 0.793. The highest BCUT2D eigenvalue weighted by atomic mass is 32.2. The van der Waals surface area contributed by atoms with Crippen LogP contribution < -0.4 is 5.73 Å². The summed E-state index contributed by atoms with van der Waals surface area (Å²) in [5.74, 6) is 0. The van der Waals surface area contributed by atoms with Gasteiger partial charge in [0.25, 0.3) is 0 Å². The van der Waals surface area contributed by atoms with E-state index in [9.17, 15) is 8.42 Å². The average molecular weight is 272 g/mol. The SMILES string of the molecule is COCCN(C(C)C)S(=O)(=O)c1ccccc1N. The summed E-state index contributed by atoms with van der Waals surface area (Å²) >= 11 is 0. The van der Waals surface area contributed by atoms with Gasteiger partial charge in [-0.2, -0.15) is 4.31 Å². The highest BCUT2D eigenvalue weighted by Crippen LogP contribution is 2.23. The van der Waals surface area contributed by atoms with Gasteiger partial charge in [0.1, 0.15) is 4.90 Å². The molecule has 5 nitrogen and oxygen atoms in total. The maximum atomic E-state index is 12.5. The summed E-state index contributed by atoms with van der Waals surface area (Å²) in [5, 5.41) is 0. The zero-order chi connectivity index (χ0) is 13.8. The average Bonchev–Trinajstić information content (AvgIpc) is 2.29. The summed E-state index contributed by atoms with van der Waals surface area (Å²) in [6, 6.07) is 6.33. The Morgan fingerprint density at radius 2 is 1.94 bits per heavy atom.